The van der Waals surface area contributed by atoms with Crippen LogP contribution in [-0.4, -0.2) is 17.2 Å². The van der Waals surface area contributed by atoms with Gasteiger partial charge in [-0.1, -0.05) is 33.5 Å². The van der Waals surface area contributed by atoms with E-state index in [-0.39, 0.29) is 0 Å². The van der Waals surface area contributed by atoms with Gasteiger partial charge in [-0.3, -0.25) is 5.10 Å². The molecule has 2 atom stereocenters. The van der Waals surface area contributed by atoms with Crippen LogP contribution in [0.2, 0.25) is 0 Å². The van der Waals surface area contributed by atoms with E-state index in [2.05, 4.69) is 24.8 Å². The summed E-state index contributed by atoms with van der Waals surface area (Å²) in [4.78, 5) is 0. The normalized spacial score (nSPS) is 14.4. The molecule has 3 nitrogen and oxygen atoms in total. The Kier molecular flexibility index (Phi) is 3.16. The molecule has 0 spiro atoms. The monoisotopic (exact) mass is 251 g/mol. The Labute approximate surface area is 102 Å². The molecule has 0 saturated carbocycles. The molecule has 0 bridgehead atoms. The number of anilines is 1. The molecule has 1 aromatic heterocycles. The van der Waals surface area contributed by atoms with Crippen LogP contribution in [0.5, 0.6) is 0 Å². The zero-order chi connectivity index (χ0) is 12.5. The van der Waals surface area contributed by atoms with Crippen molar-refractivity contribution in [3.05, 3.63) is 36.0 Å². The van der Waals surface area contributed by atoms with Crippen LogP contribution in [0.25, 0.3) is 11.1 Å². The van der Waals surface area contributed by atoms with Gasteiger partial charge in [-0.15, -0.1) is 0 Å². The van der Waals surface area contributed by atoms with Crippen LogP contribution in [0.3, 0.4) is 0 Å². The maximum Gasteiger partial charge on any atom is 0.145 e. The summed E-state index contributed by atoms with van der Waals surface area (Å²) in [6.45, 7) is 1.52. The summed E-state index contributed by atoms with van der Waals surface area (Å²) in [6, 6.07) is 7.36. The van der Waals surface area contributed by atoms with Crippen molar-refractivity contribution in [2.75, 3.05) is 12.4 Å². The smallest absolute Gasteiger partial charge is 0.145 e. The number of halogens is 1. The van der Waals surface area contributed by atoms with E-state index in [9.17, 15) is 4.39 Å². The van der Waals surface area contributed by atoms with Crippen molar-refractivity contribution in [2.45, 2.75) is 12.3 Å². The van der Waals surface area contributed by atoms with E-state index in [4.69, 9.17) is 0 Å². The summed E-state index contributed by atoms with van der Waals surface area (Å²) >= 11 is 0. The molecule has 2 aromatic rings. The number of hydrogen-bond acceptors (Lipinski definition) is 2. The highest BCUT2D eigenvalue weighted by Gasteiger charge is 2.18. The molecule has 2 unspecified atom stereocenters. The van der Waals surface area contributed by atoms with Gasteiger partial charge in [0.15, 0.2) is 0 Å². The van der Waals surface area contributed by atoms with Crippen LogP contribution >= 0.6 is 9.24 Å². The molecular weight excluding hydrogens is 236 g/mol. The number of aromatic nitrogens is 2. The highest BCUT2D eigenvalue weighted by molar-refractivity contribution is 7.18. The number of alkyl halides is 1. The first-order valence-electron chi connectivity index (χ1n) is 5.32. The average molecular weight is 251 g/mol. The molecular formula is C12H15FN3P. The van der Waals surface area contributed by atoms with Gasteiger partial charge in [0.1, 0.15) is 11.2 Å². The SMILES string of the molecule is CNc1[nH]ncc1-c1ccc(C(C)(F)P)cc1. The Bertz CT molecular complexity index is 499. The van der Waals surface area contributed by atoms with E-state index >= 15 is 0 Å². The van der Waals surface area contributed by atoms with Gasteiger partial charge in [-0.2, -0.15) is 5.10 Å². The lowest BCUT2D eigenvalue weighted by atomic mass is 10.0. The van der Waals surface area contributed by atoms with Crippen molar-refractivity contribution in [2.24, 2.45) is 0 Å². The molecule has 0 saturated heterocycles. The van der Waals surface area contributed by atoms with Crippen LogP contribution in [-0.2, 0) is 5.41 Å². The van der Waals surface area contributed by atoms with Crippen molar-refractivity contribution >= 4 is 15.1 Å². The Morgan fingerprint density at radius 2 is 2.00 bits per heavy atom. The first-order valence-corrected chi connectivity index (χ1v) is 5.90. The summed E-state index contributed by atoms with van der Waals surface area (Å²) in [5, 5.41) is 8.47. The van der Waals surface area contributed by atoms with Gasteiger partial charge in [0, 0.05) is 12.6 Å². The van der Waals surface area contributed by atoms with Crippen LogP contribution in [0.15, 0.2) is 30.5 Å². The average Bonchev–Trinajstić information content (AvgIpc) is 2.76. The van der Waals surface area contributed by atoms with E-state index in [0.29, 0.717) is 5.56 Å². The molecule has 17 heavy (non-hydrogen) atoms. The number of nitrogens with one attached hydrogen (secondary N) is 2. The van der Waals surface area contributed by atoms with Crippen molar-refractivity contribution in [1.82, 2.24) is 10.2 Å². The number of benzene rings is 1. The largest absolute Gasteiger partial charge is 0.373 e. The maximum absolute atomic E-state index is 13.7. The standard InChI is InChI=1S/C12H15FN3P/c1-12(13,17)9-5-3-8(4-6-9)10-7-15-16-11(10)14-2/h3-7H,17H2,1-2H3,(H2,14,15,16). The Balaban J connectivity index is 2.36. The number of nitrogens with zero attached hydrogens (tertiary/aromatic N) is 1. The van der Waals surface area contributed by atoms with Crippen LogP contribution in [0.1, 0.15) is 12.5 Å². The van der Waals surface area contributed by atoms with Gasteiger partial charge in [-0.05, 0) is 18.1 Å². The minimum Gasteiger partial charge on any atom is -0.373 e. The predicted molar refractivity (Wildman–Crippen MR) is 71.7 cm³/mol. The lowest BCUT2D eigenvalue weighted by molar-refractivity contribution is 0.324. The van der Waals surface area contributed by atoms with Gasteiger partial charge < -0.3 is 5.32 Å². The third kappa shape index (κ3) is 2.47. The molecule has 0 aliphatic heterocycles. The molecule has 0 aliphatic carbocycles. The third-order valence-electron chi connectivity index (χ3n) is 2.65. The van der Waals surface area contributed by atoms with Crippen molar-refractivity contribution < 1.29 is 4.39 Å². The number of H-pyrrole nitrogens is 1. The minimum absolute atomic E-state index is 0.640. The second-order valence-corrected chi connectivity index (χ2v) is 5.15. The topological polar surface area (TPSA) is 40.7 Å². The molecule has 0 aliphatic rings. The molecule has 0 fully saturated rings. The molecule has 1 aromatic carbocycles. The van der Waals surface area contributed by atoms with Crippen LogP contribution in [0.4, 0.5) is 10.2 Å². The predicted octanol–water partition coefficient (Wildman–Crippen LogP) is 3.14. The molecule has 90 valence electrons. The summed E-state index contributed by atoms with van der Waals surface area (Å²) in [5.74, 6) is 0.853. The fourth-order valence-corrected chi connectivity index (χ4v) is 1.86. The Hall–Kier alpha value is -1.41. The zero-order valence-electron chi connectivity index (χ0n) is 9.79. The fraction of sp³-hybridized carbons (Fsp3) is 0.250. The highest BCUT2D eigenvalue weighted by atomic mass is 31.0. The summed E-state index contributed by atoms with van der Waals surface area (Å²) in [6.07, 6.45) is 1.75. The maximum atomic E-state index is 13.7. The molecule has 5 heteroatoms. The minimum atomic E-state index is -1.39. The van der Waals surface area contributed by atoms with Gasteiger partial charge in [0.2, 0.25) is 0 Å². The molecule has 1 heterocycles. The first kappa shape index (κ1) is 12.1. The summed E-state index contributed by atoms with van der Waals surface area (Å²) in [7, 11) is 4.02. The summed E-state index contributed by atoms with van der Waals surface area (Å²) < 4.78 is 13.7. The van der Waals surface area contributed by atoms with Crippen LogP contribution < -0.4 is 5.32 Å². The van der Waals surface area contributed by atoms with Crippen molar-refractivity contribution in [3.8, 4) is 11.1 Å². The van der Waals surface area contributed by atoms with E-state index in [0.717, 1.165) is 16.9 Å². The molecule has 0 amide bonds. The van der Waals surface area contributed by atoms with E-state index in [1.165, 1.54) is 6.92 Å². The Morgan fingerprint density at radius 3 is 2.53 bits per heavy atom. The van der Waals surface area contributed by atoms with E-state index in [1.807, 2.05) is 19.2 Å². The van der Waals surface area contributed by atoms with Crippen molar-refractivity contribution in [1.29, 1.82) is 0 Å². The number of hydrogen-bond donors (Lipinski definition) is 2. The zero-order valence-corrected chi connectivity index (χ0v) is 10.9. The second kappa shape index (κ2) is 4.46. The summed E-state index contributed by atoms with van der Waals surface area (Å²) in [5.41, 5.74) is 2.62. The van der Waals surface area contributed by atoms with Crippen molar-refractivity contribution in [3.63, 3.8) is 0 Å². The number of aromatic amines is 1. The van der Waals surface area contributed by atoms with Gasteiger partial charge in [0.25, 0.3) is 0 Å². The van der Waals surface area contributed by atoms with E-state index < -0.39 is 5.41 Å². The first-order chi connectivity index (χ1) is 8.02. The highest BCUT2D eigenvalue weighted by Crippen LogP contribution is 2.34. The van der Waals surface area contributed by atoms with Gasteiger partial charge >= 0.3 is 0 Å². The fourth-order valence-electron chi connectivity index (χ4n) is 1.67. The van der Waals surface area contributed by atoms with Gasteiger partial charge in [0.05, 0.1) is 6.20 Å². The second-order valence-electron chi connectivity index (χ2n) is 4.06. The molecule has 0 radical (unpaired) electrons. The number of rotatable bonds is 3. The molecule has 2 N–H and O–H groups in total. The lowest BCUT2D eigenvalue weighted by Crippen LogP contribution is -2.03. The third-order valence-corrected chi connectivity index (χ3v) is 2.98. The lowest BCUT2D eigenvalue weighted by Gasteiger charge is -2.14. The van der Waals surface area contributed by atoms with Crippen LogP contribution in [0, 0.1) is 0 Å². The van der Waals surface area contributed by atoms with Gasteiger partial charge in [-0.25, -0.2) is 4.39 Å². The molecule has 2 rings (SSSR count). The van der Waals surface area contributed by atoms with E-state index in [1.54, 1.807) is 18.3 Å². The quantitative estimate of drug-likeness (QED) is 0.823. The Morgan fingerprint density at radius 1 is 1.35 bits per heavy atom.